The Bertz CT molecular complexity index is 745. The molecule has 2 heterocycles. The first-order chi connectivity index (χ1) is 10.1. The lowest BCUT2D eigenvalue weighted by Gasteiger charge is -2.26. The van der Waals surface area contributed by atoms with E-state index in [0.29, 0.717) is 4.57 Å². The average molecular weight is 285 g/mol. The Morgan fingerprint density at radius 1 is 1.70 bits per heavy atom. The van der Waals surface area contributed by atoms with Crippen LogP contribution in [0.1, 0.15) is 15.9 Å². The van der Waals surface area contributed by atoms with Crippen LogP contribution in [0, 0.1) is 11.8 Å². The van der Waals surface area contributed by atoms with Gasteiger partial charge < -0.3 is 20.1 Å². The van der Waals surface area contributed by atoms with E-state index in [1.807, 2.05) is 4.98 Å². The highest BCUT2D eigenvalue weighted by molar-refractivity contribution is 5.21. The fourth-order valence-electron chi connectivity index (χ4n) is 1.93. The zero-order valence-electron chi connectivity index (χ0n) is 12.3. The van der Waals surface area contributed by atoms with Gasteiger partial charge in [0.1, 0.15) is 18.5 Å². The highest BCUT2D eigenvalue weighted by atomic mass is 16.6. The Kier molecular flexibility index (Phi) is 3.06. The van der Waals surface area contributed by atoms with Gasteiger partial charge in [0.05, 0.1) is 9.30 Å². The number of aliphatic hydroxyl groups excluding tert-OH is 1. The number of nitrogens with one attached hydrogen (secondary N) is 1. The van der Waals surface area contributed by atoms with Crippen LogP contribution < -0.4 is 11.4 Å². The predicted octanol–water partition coefficient (Wildman–Crippen LogP) is -3.06. The summed E-state index contributed by atoms with van der Waals surface area (Å²) in [5.74, 6) is 4.57. The molecule has 9 nitrogen and oxygen atoms in total. The summed E-state index contributed by atoms with van der Waals surface area (Å²) in [6, 6.07) is 0. The molecule has 4 N–H and O–H groups in total. The van der Waals surface area contributed by atoms with Crippen LogP contribution in [0.3, 0.4) is 0 Å². The Hall–Kier alpha value is -1.99. The molecule has 1 aliphatic rings. The van der Waals surface area contributed by atoms with Gasteiger partial charge in [-0.2, -0.15) is 4.98 Å². The molecule has 108 valence electrons. The smallest absolute Gasteiger partial charge is 0.350 e. The van der Waals surface area contributed by atoms with Gasteiger partial charge in [0, 0.05) is 0 Å². The van der Waals surface area contributed by atoms with Crippen LogP contribution in [0.15, 0.2) is 15.9 Å². The van der Waals surface area contributed by atoms with Crippen LogP contribution in [-0.4, -0.2) is 54.2 Å². The van der Waals surface area contributed by atoms with Crippen LogP contribution in [-0.2, 0) is 4.74 Å². The average Bonchev–Trinajstić information content (AvgIpc) is 2.63. The lowest BCUT2D eigenvalue weighted by molar-refractivity contribution is -0.0771. The molecule has 20 heavy (non-hydrogen) atoms. The van der Waals surface area contributed by atoms with Crippen molar-refractivity contribution in [2.75, 3.05) is 6.56 Å². The normalized spacial score (nSPS) is 34.9. The minimum atomic E-state index is -3.00. The molecule has 0 radical (unpaired) electrons. The van der Waals surface area contributed by atoms with Crippen molar-refractivity contribution in [3.05, 3.63) is 27.3 Å². The molecule has 1 aromatic heterocycles. The zero-order valence-corrected chi connectivity index (χ0v) is 10.3. The number of nitrogens with zero attached hydrogens (tertiary/aromatic N) is 2. The Balaban J connectivity index is 2.59. The van der Waals surface area contributed by atoms with Crippen molar-refractivity contribution in [3.8, 4) is 11.8 Å². The van der Waals surface area contributed by atoms with E-state index in [0.717, 1.165) is 6.33 Å². The lowest BCUT2D eigenvalue weighted by Crippen LogP contribution is -2.48. The number of H-pyrrole nitrogens is 1. The van der Waals surface area contributed by atoms with Crippen LogP contribution in [0.4, 0.5) is 0 Å². The van der Waals surface area contributed by atoms with Gasteiger partial charge in [-0.1, -0.05) is 5.92 Å². The molecule has 0 aromatic carbocycles. The largest absolute Gasteiger partial charge is 0.394 e. The van der Waals surface area contributed by atoms with Gasteiger partial charge in [-0.05, 0) is 6.92 Å². The van der Waals surface area contributed by atoms with Crippen LogP contribution >= 0.6 is 0 Å². The summed E-state index contributed by atoms with van der Waals surface area (Å²) < 4.78 is 20.2. The fraction of sp³-hybridized carbons (Fsp3) is 0.545. The van der Waals surface area contributed by atoms with Crippen molar-refractivity contribution in [3.63, 3.8) is 0 Å². The maximum atomic E-state index is 11.8. The van der Waals surface area contributed by atoms with E-state index in [1.165, 1.54) is 6.92 Å². The first-order valence-electron chi connectivity index (χ1n) is 6.51. The molecule has 1 saturated heterocycles. The highest BCUT2D eigenvalue weighted by Gasteiger charge is 2.55. The van der Waals surface area contributed by atoms with Crippen molar-refractivity contribution >= 4 is 0 Å². The van der Waals surface area contributed by atoms with E-state index < -0.39 is 42.0 Å². The van der Waals surface area contributed by atoms with Gasteiger partial charge in [0.15, 0.2) is 11.8 Å². The zero-order chi connectivity index (χ0) is 16.7. The van der Waals surface area contributed by atoms with E-state index in [4.69, 9.17) is 7.48 Å². The van der Waals surface area contributed by atoms with Crippen molar-refractivity contribution in [2.45, 2.75) is 31.0 Å². The molecule has 1 aliphatic heterocycles. The number of rotatable bonds is 2. The second-order valence-electron chi connectivity index (χ2n) is 4.07. The van der Waals surface area contributed by atoms with E-state index in [1.54, 1.807) is 0 Å². The molecule has 9 heteroatoms. The van der Waals surface area contributed by atoms with E-state index in [2.05, 4.69) is 16.8 Å². The number of hydrogen-bond donors (Lipinski definition) is 4. The molecule has 0 bridgehead atoms. The van der Waals surface area contributed by atoms with Crippen LogP contribution in [0.5, 0.6) is 0 Å². The molecule has 0 saturated carbocycles. The van der Waals surface area contributed by atoms with Crippen molar-refractivity contribution in [1.82, 2.24) is 14.5 Å². The monoisotopic (exact) mass is 285 g/mol. The third-order valence-electron chi connectivity index (χ3n) is 2.84. The minimum Gasteiger partial charge on any atom is -0.394 e. The molecule has 0 spiro atoms. The standard InChI is InChI=1S/C11H13N3O6/c1-2-3-11(19)7(16)6(4-15)20-8(11)14-5-12-9(17)13-10(14)18/h5-8,15-16,19H,4H2,1H3,(H,13,17,18)/t6-,7+,8-,11?/m1/s1/i4D2. The highest BCUT2D eigenvalue weighted by Crippen LogP contribution is 2.37. The summed E-state index contributed by atoms with van der Waals surface area (Å²) in [7, 11) is 0. The SMILES string of the molecule is [2H]C([2H])(O)[C@H]1O[C@@H](n2cnc(=O)[nH]c2=O)C(O)(C#CC)[C@H]1O. The topological polar surface area (TPSA) is 138 Å². The molecular formula is C11H13N3O6. The predicted molar refractivity (Wildman–Crippen MR) is 64.5 cm³/mol. The third-order valence-corrected chi connectivity index (χ3v) is 2.84. The Morgan fingerprint density at radius 2 is 2.40 bits per heavy atom. The van der Waals surface area contributed by atoms with Crippen molar-refractivity contribution < 1.29 is 22.8 Å². The molecule has 2 rings (SSSR count). The number of ether oxygens (including phenoxy) is 1. The molecule has 4 atom stereocenters. The van der Waals surface area contributed by atoms with Gasteiger partial charge in [0.2, 0.25) is 0 Å². The van der Waals surface area contributed by atoms with Crippen molar-refractivity contribution in [1.29, 1.82) is 0 Å². The van der Waals surface area contributed by atoms with Crippen molar-refractivity contribution in [2.24, 2.45) is 0 Å². The number of aromatic amines is 1. The van der Waals surface area contributed by atoms with Gasteiger partial charge in [-0.15, -0.1) is 5.92 Å². The van der Waals surface area contributed by atoms with E-state index >= 15 is 0 Å². The first-order valence-corrected chi connectivity index (χ1v) is 5.51. The van der Waals surface area contributed by atoms with E-state index in [-0.39, 0.29) is 0 Å². The minimum absolute atomic E-state index is 0.640. The second-order valence-corrected chi connectivity index (χ2v) is 4.07. The molecule has 0 aliphatic carbocycles. The molecule has 0 amide bonds. The molecule has 1 aromatic rings. The van der Waals surface area contributed by atoms with Gasteiger partial charge in [-0.25, -0.2) is 9.59 Å². The van der Waals surface area contributed by atoms with Gasteiger partial charge >= 0.3 is 11.4 Å². The summed E-state index contributed by atoms with van der Waals surface area (Å²) in [6.45, 7) is -1.66. The Labute approximate surface area is 115 Å². The van der Waals surface area contributed by atoms with Gasteiger partial charge in [-0.3, -0.25) is 9.55 Å². The second kappa shape index (κ2) is 5.18. The lowest BCUT2D eigenvalue weighted by atomic mass is 9.94. The third kappa shape index (κ3) is 2.14. The van der Waals surface area contributed by atoms with Crippen LogP contribution in [0.2, 0.25) is 0 Å². The number of hydrogen-bond acceptors (Lipinski definition) is 7. The molecular weight excluding hydrogens is 270 g/mol. The molecule has 1 fully saturated rings. The summed E-state index contributed by atoms with van der Waals surface area (Å²) in [5, 5.41) is 30.0. The number of aromatic nitrogens is 3. The summed E-state index contributed by atoms with van der Waals surface area (Å²) >= 11 is 0. The first kappa shape index (κ1) is 11.8. The summed E-state index contributed by atoms with van der Waals surface area (Å²) in [6.07, 6.45) is -4.75. The fourth-order valence-corrected chi connectivity index (χ4v) is 1.93. The summed E-state index contributed by atoms with van der Waals surface area (Å²) in [4.78, 5) is 27.9. The Morgan fingerprint density at radius 3 is 2.95 bits per heavy atom. The molecule has 1 unspecified atom stereocenters. The van der Waals surface area contributed by atoms with Crippen LogP contribution in [0.25, 0.3) is 0 Å². The van der Waals surface area contributed by atoms with Gasteiger partial charge in [0.25, 0.3) is 0 Å². The quantitative estimate of drug-likeness (QED) is 0.423. The number of aliphatic hydroxyl groups is 3. The van der Waals surface area contributed by atoms with E-state index in [9.17, 15) is 24.9 Å². The maximum absolute atomic E-state index is 11.8. The maximum Gasteiger partial charge on any atom is 0.350 e. The summed E-state index contributed by atoms with van der Waals surface area (Å²) in [5.41, 5.74) is -4.33.